The molecule has 1 aromatic heterocycles. The normalized spacial score (nSPS) is 11.0. The predicted octanol–water partition coefficient (Wildman–Crippen LogP) is 5.99. The minimum Gasteiger partial charge on any atom is -0.299 e. The van der Waals surface area contributed by atoms with Crippen LogP contribution >= 0.6 is 11.6 Å². The number of carbonyl (C=O) groups is 1. The van der Waals surface area contributed by atoms with E-state index in [1.54, 1.807) is 6.08 Å². The van der Waals surface area contributed by atoms with Gasteiger partial charge in [-0.25, -0.2) is 4.68 Å². The van der Waals surface area contributed by atoms with Crippen molar-refractivity contribution < 1.29 is 4.79 Å². The molecule has 2 aromatic carbocycles. The summed E-state index contributed by atoms with van der Waals surface area (Å²) in [6, 6.07) is 15.6. The summed E-state index contributed by atoms with van der Waals surface area (Å²) in [5.74, 6) is 0.529. The Bertz CT molecular complexity index is 955. The van der Waals surface area contributed by atoms with E-state index < -0.39 is 0 Å². The van der Waals surface area contributed by atoms with Crippen molar-refractivity contribution >= 4 is 23.5 Å². The highest BCUT2D eigenvalue weighted by Gasteiger charge is 2.16. The number of halogens is 1. The molecule has 3 rings (SSSR count). The number of aromatic nitrogens is 2. The molecule has 0 N–H and O–H groups in total. The first-order valence-electron chi connectivity index (χ1n) is 9.05. The Morgan fingerprint density at radius 2 is 1.96 bits per heavy atom. The van der Waals surface area contributed by atoms with Gasteiger partial charge in [0.2, 0.25) is 0 Å². The van der Waals surface area contributed by atoms with Gasteiger partial charge in [0.05, 0.1) is 17.8 Å². The molecule has 138 valence electrons. The van der Waals surface area contributed by atoms with Crippen LogP contribution in [0.4, 0.5) is 0 Å². The maximum Gasteiger partial charge on any atom is 0.139 e. The third-order valence-corrected chi connectivity index (χ3v) is 4.56. The van der Waals surface area contributed by atoms with Crippen LogP contribution in [0.15, 0.2) is 61.3 Å². The Kier molecular flexibility index (Phi) is 5.92. The summed E-state index contributed by atoms with van der Waals surface area (Å²) in [7, 11) is 0. The second kappa shape index (κ2) is 8.36. The molecule has 0 unspecified atom stereocenters. The first kappa shape index (κ1) is 19.1. The monoisotopic (exact) mass is 378 g/mol. The molecule has 0 fully saturated rings. The van der Waals surface area contributed by atoms with Gasteiger partial charge in [-0.05, 0) is 41.3 Å². The van der Waals surface area contributed by atoms with Crippen LogP contribution < -0.4 is 0 Å². The lowest BCUT2D eigenvalue weighted by Crippen LogP contribution is -2.08. The standard InChI is InChI=1S/C23H23ClN2O/c1-4-17-8-10-20(11-9-17)26-15-22(18-6-5-7-19(24)13-18)23(25-26)14-21(27)12-16(2)3/h4-11,13,15-16H,1,12,14H2,2-3H3. The Hall–Kier alpha value is -2.65. The van der Waals surface area contributed by atoms with Crippen molar-refractivity contribution in [1.29, 1.82) is 0 Å². The molecule has 0 atom stereocenters. The van der Waals surface area contributed by atoms with E-state index in [1.807, 2.05) is 59.4 Å². The van der Waals surface area contributed by atoms with Crippen molar-refractivity contribution in [3.05, 3.63) is 77.6 Å². The van der Waals surface area contributed by atoms with Gasteiger partial charge >= 0.3 is 0 Å². The SMILES string of the molecule is C=Cc1ccc(-n2cc(-c3cccc(Cl)c3)c(CC(=O)CC(C)C)n2)cc1. The molecule has 0 bridgehead atoms. The van der Waals surface area contributed by atoms with Crippen LogP contribution in [0.2, 0.25) is 5.02 Å². The van der Waals surface area contributed by atoms with Crippen LogP contribution in [0.25, 0.3) is 22.9 Å². The highest BCUT2D eigenvalue weighted by molar-refractivity contribution is 6.30. The molecule has 1 heterocycles. The van der Waals surface area contributed by atoms with E-state index in [0.29, 0.717) is 23.8 Å². The fraction of sp³-hybridized carbons (Fsp3) is 0.217. The van der Waals surface area contributed by atoms with E-state index >= 15 is 0 Å². The minimum atomic E-state index is 0.195. The Morgan fingerprint density at radius 1 is 1.22 bits per heavy atom. The van der Waals surface area contributed by atoms with Crippen LogP contribution in [0, 0.1) is 5.92 Å². The van der Waals surface area contributed by atoms with Gasteiger partial charge in [0.25, 0.3) is 0 Å². The summed E-state index contributed by atoms with van der Waals surface area (Å²) in [5, 5.41) is 5.38. The molecule has 3 nitrogen and oxygen atoms in total. The number of carbonyl (C=O) groups excluding carboxylic acids is 1. The molecule has 0 amide bonds. The molecule has 4 heteroatoms. The second-order valence-corrected chi connectivity index (χ2v) is 7.49. The van der Waals surface area contributed by atoms with Gasteiger partial charge in [-0.3, -0.25) is 4.79 Å². The highest BCUT2D eigenvalue weighted by Crippen LogP contribution is 2.28. The lowest BCUT2D eigenvalue weighted by atomic mass is 10.00. The fourth-order valence-electron chi connectivity index (χ4n) is 3.05. The molecule has 0 aliphatic carbocycles. The maximum atomic E-state index is 12.4. The zero-order valence-corrected chi connectivity index (χ0v) is 16.4. The molecule has 0 radical (unpaired) electrons. The molecule has 3 aromatic rings. The van der Waals surface area contributed by atoms with Crippen molar-refractivity contribution in [2.45, 2.75) is 26.7 Å². The van der Waals surface area contributed by atoms with E-state index in [-0.39, 0.29) is 5.78 Å². The van der Waals surface area contributed by atoms with Crippen LogP contribution in [0.1, 0.15) is 31.5 Å². The zero-order chi connectivity index (χ0) is 19.4. The van der Waals surface area contributed by atoms with Gasteiger partial charge in [-0.15, -0.1) is 0 Å². The van der Waals surface area contributed by atoms with Crippen LogP contribution in [-0.2, 0) is 11.2 Å². The zero-order valence-electron chi connectivity index (χ0n) is 15.7. The smallest absolute Gasteiger partial charge is 0.139 e. The van der Waals surface area contributed by atoms with Gasteiger partial charge in [0, 0.05) is 23.2 Å². The summed E-state index contributed by atoms with van der Waals surface area (Å²) >= 11 is 6.18. The number of rotatable bonds is 7. The van der Waals surface area contributed by atoms with E-state index in [0.717, 1.165) is 28.1 Å². The van der Waals surface area contributed by atoms with Crippen LogP contribution in [0.3, 0.4) is 0 Å². The summed E-state index contributed by atoms with van der Waals surface area (Å²) < 4.78 is 1.82. The molecule has 0 saturated heterocycles. The van der Waals surface area contributed by atoms with Gasteiger partial charge in [0.1, 0.15) is 5.78 Å². The Labute approximate surface area is 165 Å². The van der Waals surface area contributed by atoms with Crippen LogP contribution in [0.5, 0.6) is 0 Å². The largest absolute Gasteiger partial charge is 0.299 e. The summed E-state index contributed by atoms with van der Waals surface area (Å²) in [5.41, 5.74) is 4.65. The van der Waals surface area contributed by atoms with Crippen molar-refractivity contribution in [2.24, 2.45) is 5.92 Å². The third kappa shape index (κ3) is 4.75. The molecular weight excluding hydrogens is 356 g/mol. The van der Waals surface area contributed by atoms with E-state index in [4.69, 9.17) is 16.7 Å². The van der Waals surface area contributed by atoms with Crippen LogP contribution in [-0.4, -0.2) is 15.6 Å². The van der Waals surface area contributed by atoms with Crippen molar-refractivity contribution in [2.75, 3.05) is 0 Å². The van der Waals surface area contributed by atoms with Gasteiger partial charge in [-0.1, -0.05) is 62.4 Å². The maximum absolute atomic E-state index is 12.4. The molecule has 27 heavy (non-hydrogen) atoms. The first-order valence-corrected chi connectivity index (χ1v) is 9.43. The van der Waals surface area contributed by atoms with E-state index in [1.165, 1.54) is 0 Å². The number of ketones is 1. The quantitative estimate of drug-likeness (QED) is 0.505. The first-order chi connectivity index (χ1) is 13.0. The number of benzene rings is 2. The molecule has 0 aliphatic heterocycles. The Balaban J connectivity index is 2.02. The summed E-state index contributed by atoms with van der Waals surface area (Å²) in [4.78, 5) is 12.4. The molecule has 0 aliphatic rings. The van der Waals surface area contributed by atoms with Crippen molar-refractivity contribution in [3.63, 3.8) is 0 Å². The summed E-state index contributed by atoms with van der Waals surface area (Å²) in [6.45, 7) is 7.89. The van der Waals surface area contributed by atoms with E-state index in [2.05, 4.69) is 20.4 Å². The topological polar surface area (TPSA) is 34.9 Å². The number of Topliss-reactive ketones (excluding diaryl/α,β-unsaturated/α-hetero) is 1. The number of hydrogen-bond donors (Lipinski definition) is 0. The van der Waals surface area contributed by atoms with Gasteiger partial charge in [-0.2, -0.15) is 5.10 Å². The average molecular weight is 379 g/mol. The fourth-order valence-corrected chi connectivity index (χ4v) is 3.24. The molecule has 0 saturated carbocycles. The minimum absolute atomic E-state index is 0.195. The van der Waals surface area contributed by atoms with Crippen molar-refractivity contribution in [3.8, 4) is 16.8 Å². The van der Waals surface area contributed by atoms with Crippen molar-refractivity contribution in [1.82, 2.24) is 9.78 Å². The molecule has 0 spiro atoms. The van der Waals surface area contributed by atoms with E-state index in [9.17, 15) is 4.79 Å². The molecular formula is C23H23ClN2O. The van der Waals surface area contributed by atoms with Gasteiger partial charge < -0.3 is 0 Å². The number of hydrogen-bond acceptors (Lipinski definition) is 2. The van der Waals surface area contributed by atoms with Gasteiger partial charge in [0.15, 0.2) is 0 Å². The average Bonchev–Trinajstić information content (AvgIpc) is 3.04. The lowest BCUT2D eigenvalue weighted by molar-refractivity contribution is -0.119. The lowest BCUT2D eigenvalue weighted by Gasteiger charge is -2.05. The second-order valence-electron chi connectivity index (χ2n) is 7.05. The summed E-state index contributed by atoms with van der Waals surface area (Å²) in [6.07, 6.45) is 4.64. The Morgan fingerprint density at radius 3 is 2.59 bits per heavy atom. The number of nitrogens with zero attached hydrogens (tertiary/aromatic N) is 2. The predicted molar refractivity (Wildman–Crippen MR) is 112 cm³/mol. The highest BCUT2D eigenvalue weighted by atomic mass is 35.5. The third-order valence-electron chi connectivity index (χ3n) is 4.32.